The Kier molecular flexibility index (Phi) is 3.11. The maximum atomic E-state index is 8.64. The fourth-order valence-electron chi connectivity index (χ4n) is 2.40. The van der Waals surface area contributed by atoms with Crippen LogP contribution in [0.1, 0.15) is 32.6 Å². The van der Waals surface area contributed by atoms with Crippen molar-refractivity contribution >= 4 is 0 Å². The van der Waals surface area contributed by atoms with Crippen LogP contribution in [0.2, 0.25) is 0 Å². The van der Waals surface area contributed by atoms with Crippen LogP contribution in [0.5, 0.6) is 0 Å². The Morgan fingerprint density at radius 3 is 2.08 bits per heavy atom. The van der Waals surface area contributed by atoms with Crippen LogP contribution in [-0.4, -0.2) is 0 Å². The molecule has 0 N–H and O–H groups in total. The topological polar surface area (TPSA) is 47.6 Å². The van der Waals surface area contributed by atoms with Gasteiger partial charge in [0.2, 0.25) is 0 Å². The molecular weight excluding hydrogens is 148 g/mol. The van der Waals surface area contributed by atoms with Gasteiger partial charge < -0.3 is 0 Å². The molecule has 2 nitrogen and oxygen atoms in total. The molecule has 2 saturated carbocycles. The van der Waals surface area contributed by atoms with Crippen LogP contribution in [0.15, 0.2) is 0 Å². The predicted octanol–water partition coefficient (Wildman–Crippen LogP) is 2.48. The normalized spacial score (nSPS) is 36.1. The van der Waals surface area contributed by atoms with Gasteiger partial charge in [-0.05, 0) is 31.1 Å². The van der Waals surface area contributed by atoms with Gasteiger partial charge in [-0.2, -0.15) is 10.5 Å². The molecule has 0 amide bonds. The van der Waals surface area contributed by atoms with Crippen LogP contribution < -0.4 is 0 Å². The highest BCUT2D eigenvalue weighted by Crippen LogP contribution is 2.47. The number of rotatable bonds is 0. The third-order valence-corrected chi connectivity index (χ3v) is 2.90. The first-order valence-corrected chi connectivity index (χ1v) is 4.52. The van der Waals surface area contributed by atoms with Crippen molar-refractivity contribution in [1.29, 1.82) is 10.5 Å². The van der Waals surface area contributed by atoms with E-state index in [0.717, 1.165) is 11.8 Å². The van der Waals surface area contributed by atoms with Gasteiger partial charge in [0, 0.05) is 12.8 Å². The van der Waals surface area contributed by atoms with Crippen LogP contribution in [0.3, 0.4) is 0 Å². The zero-order valence-corrected chi connectivity index (χ0v) is 7.45. The first-order chi connectivity index (χ1) is 5.81. The second-order valence-corrected chi connectivity index (χ2v) is 3.63. The molecule has 0 heterocycles. The second kappa shape index (κ2) is 4.12. The smallest absolute Gasteiger partial charge is 0.0658 e. The molecule has 12 heavy (non-hydrogen) atoms. The molecule has 2 heteroatoms. The summed E-state index contributed by atoms with van der Waals surface area (Å²) in [4.78, 5) is 0. The van der Waals surface area contributed by atoms with Crippen LogP contribution in [0.4, 0.5) is 0 Å². The number of hydrogen-bond donors (Lipinski definition) is 0. The van der Waals surface area contributed by atoms with E-state index in [1.807, 2.05) is 0 Å². The van der Waals surface area contributed by atoms with Gasteiger partial charge in [-0.3, -0.25) is 0 Å². The largest absolute Gasteiger partial charge is 0.199 e. The van der Waals surface area contributed by atoms with Crippen LogP contribution >= 0.6 is 0 Å². The zero-order chi connectivity index (χ0) is 8.97. The van der Waals surface area contributed by atoms with E-state index >= 15 is 0 Å². The maximum absolute atomic E-state index is 8.64. The summed E-state index contributed by atoms with van der Waals surface area (Å²) in [5, 5.41) is 16.0. The molecule has 0 saturated heterocycles. The summed E-state index contributed by atoms with van der Waals surface area (Å²) in [5.74, 6) is 2.16. The van der Waals surface area contributed by atoms with Crippen molar-refractivity contribution in [3.63, 3.8) is 0 Å². The van der Waals surface area contributed by atoms with E-state index in [1.165, 1.54) is 32.6 Å². The molecule has 0 aliphatic heterocycles. The molecule has 0 aromatic rings. The van der Waals surface area contributed by atoms with Crippen molar-refractivity contribution in [2.45, 2.75) is 32.6 Å². The van der Waals surface area contributed by atoms with Gasteiger partial charge in [0.15, 0.2) is 0 Å². The lowest BCUT2D eigenvalue weighted by Gasteiger charge is -2.12. The van der Waals surface area contributed by atoms with Gasteiger partial charge in [-0.25, -0.2) is 0 Å². The quantitative estimate of drug-likeness (QED) is 0.549. The average molecular weight is 162 g/mol. The molecule has 64 valence electrons. The van der Waals surface area contributed by atoms with E-state index in [9.17, 15) is 0 Å². The Hall–Kier alpha value is -1.02. The lowest BCUT2D eigenvalue weighted by atomic mass is 9.90. The highest BCUT2D eigenvalue weighted by Gasteiger charge is 2.39. The predicted molar refractivity (Wildman–Crippen MR) is 45.8 cm³/mol. The summed E-state index contributed by atoms with van der Waals surface area (Å²) in [6, 6.07) is 4.15. The Labute approximate surface area is 73.8 Å². The lowest BCUT2D eigenvalue weighted by Crippen LogP contribution is -2.06. The number of nitrogens with zero attached hydrogens (tertiary/aromatic N) is 2. The van der Waals surface area contributed by atoms with Gasteiger partial charge in [0.1, 0.15) is 0 Å². The van der Waals surface area contributed by atoms with E-state index in [1.54, 1.807) is 6.07 Å². The number of fused-ring (bicyclic) bond motifs is 2. The Balaban J connectivity index is 0.000000213. The van der Waals surface area contributed by atoms with E-state index in [4.69, 9.17) is 10.5 Å². The van der Waals surface area contributed by atoms with Crippen molar-refractivity contribution in [2.24, 2.45) is 17.8 Å². The van der Waals surface area contributed by atoms with E-state index in [0.29, 0.717) is 5.92 Å². The molecule has 2 fully saturated rings. The third kappa shape index (κ3) is 1.77. The summed E-state index contributed by atoms with van der Waals surface area (Å²) >= 11 is 0. The van der Waals surface area contributed by atoms with Gasteiger partial charge >= 0.3 is 0 Å². The molecule has 3 unspecified atom stereocenters. The van der Waals surface area contributed by atoms with Gasteiger partial charge in [0.25, 0.3) is 0 Å². The van der Waals surface area contributed by atoms with Gasteiger partial charge in [-0.15, -0.1) is 0 Å². The van der Waals surface area contributed by atoms with Gasteiger partial charge in [0.05, 0.1) is 12.1 Å². The summed E-state index contributed by atoms with van der Waals surface area (Å²) in [5.41, 5.74) is 0. The zero-order valence-electron chi connectivity index (χ0n) is 7.45. The fourth-order valence-corrected chi connectivity index (χ4v) is 2.40. The van der Waals surface area contributed by atoms with Crippen molar-refractivity contribution in [3.05, 3.63) is 0 Å². The monoisotopic (exact) mass is 162 g/mol. The molecule has 0 aromatic carbocycles. The highest BCUT2D eigenvalue weighted by molar-refractivity contribution is 4.99. The van der Waals surface area contributed by atoms with Crippen molar-refractivity contribution in [3.8, 4) is 12.1 Å². The number of hydrogen-bond acceptors (Lipinski definition) is 2. The van der Waals surface area contributed by atoms with E-state index in [2.05, 4.69) is 6.07 Å². The standard InChI is InChI=1S/C8H11N.C2H3N/c9-5-8-4-6-1-2-7(8)3-6;1-2-3/h6-8H,1-4H2;1H3. The van der Waals surface area contributed by atoms with Gasteiger partial charge in [-0.1, -0.05) is 6.42 Å². The number of nitriles is 2. The molecule has 2 bridgehead atoms. The molecule has 0 spiro atoms. The molecule has 2 aliphatic rings. The highest BCUT2D eigenvalue weighted by atomic mass is 14.4. The fraction of sp³-hybridized carbons (Fsp3) is 0.800. The third-order valence-electron chi connectivity index (χ3n) is 2.90. The summed E-state index contributed by atoms with van der Waals surface area (Å²) in [7, 11) is 0. The second-order valence-electron chi connectivity index (χ2n) is 3.63. The summed E-state index contributed by atoms with van der Waals surface area (Å²) in [6.45, 7) is 1.43. The molecule has 3 atom stereocenters. The molecule has 2 rings (SSSR count). The van der Waals surface area contributed by atoms with Crippen molar-refractivity contribution in [1.82, 2.24) is 0 Å². The Bertz CT molecular complexity index is 221. The molecule has 2 aliphatic carbocycles. The van der Waals surface area contributed by atoms with E-state index < -0.39 is 0 Å². The Morgan fingerprint density at radius 2 is 1.83 bits per heavy atom. The SMILES string of the molecule is CC#N.N#CC1CC2CCC1C2. The first-order valence-electron chi connectivity index (χ1n) is 4.52. The van der Waals surface area contributed by atoms with Crippen molar-refractivity contribution < 1.29 is 0 Å². The minimum absolute atomic E-state index is 0.434. The van der Waals surface area contributed by atoms with Crippen LogP contribution in [0, 0.1) is 40.4 Å². The van der Waals surface area contributed by atoms with E-state index in [-0.39, 0.29) is 0 Å². The average Bonchev–Trinajstić information content (AvgIpc) is 2.65. The molecule has 0 aromatic heterocycles. The minimum Gasteiger partial charge on any atom is -0.199 e. The van der Waals surface area contributed by atoms with Crippen molar-refractivity contribution in [2.75, 3.05) is 0 Å². The Morgan fingerprint density at radius 1 is 1.17 bits per heavy atom. The van der Waals surface area contributed by atoms with Crippen LogP contribution in [0.25, 0.3) is 0 Å². The first kappa shape index (κ1) is 9.07. The molecule has 0 radical (unpaired) electrons. The summed E-state index contributed by atoms with van der Waals surface area (Å²) in [6.07, 6.45) is 5.31. The molecular formula is C10H14N2. The lowest BCUT2D eigenvalue weighted by molar-refractivity contribution is 0.402. The minimum atomic E-state index is 0.434. The summed E-state index contributed by atoms with van der Waals surface area (Å²) < 4.78 is 0. The maximum Gasteiger partial charge on any atom is 0.0658 e. The van der Waals surface area contributed by atoms with Crippen LogP contribution in [-0.2, 0) is 0 Å².